The molecule has 5 heteroatoms. The summed E-state index contributed by atoms with van der Waals surface area (Å²) in [5.41, 5.74) is 1.76. The third-order valence-electron chi connectivity index (χ3n) is 4.16. The van der Waals surface area contributed by atoms with Crippen LogP contribution in [0.25, 0.3) is 10.8 Å². The molecule has 0 radical (unpaired) electrons. The molecule has 2 amide bonds. The molecular weight excluding hydrogens is 340 g/mol. The van der Waals surface area contributed by atoms with Crippen LogP contribution in [0.4, 0.5) is 0 Å². The fourth-order valence-corrected chi connectivity index (χ4v) is 2.73. The highest BCUT2D eigenvalue weighted by molar-refractivity contribution is 6.07. The molecule has 0 fully saturated rings. The average molecular weight is 362 g/mol. The summed E-state index contributed by atoms with van der Waals surface area (Å²) in [5, 5.41) is 7.49. The highest BCUT2D eigenvalue weighted by atomic mass is 16.5. The first-order chi connectivity index (χ1) is 13.1. The molecule has 0 saturated heterocycles. The summed E-state index contributed by atoms with van der Waals surface area (Å²) in [4.78, 5) is 24.2. The Morgan fingerprint density at radius 1 is 0.852 bits per heavy atom. The molecule has 0 atom stereocenters. The lowest BCUT2D eigenvalue weighted by Gasteiger charge is -2.10. The third kappa shape index (κ3) is 5.07. The van der Waals surface area contributed by atoms with Gasteiger partial charge in [0, 0.05) is 18.7 Å². The van der Waals surface area contributed by atoms with Crippen LogP contribution < -0.4 is 15.4 Å². The lowest BCUT2D eigenvalue weighted by molar-refractivity contribution is -0.123. The molecule has 3 rings (SSSR count). The second-order valence-electron chi connectivity index (χ2n) is 6.23. The number of hydrogen-bond donors (Lipinski definition) is 2. The maximum absolute atomic E-state index is 12.4. The summed E-state index contributed by atoms with van der Waals surface area (Å²) >= 11 is 0. The normalized spacial score (nSPS) is 10.4. The number of hydrogen-bond acceptors (Lipinski definition) is 3. The van der Waals surface area contributed by atoms with Crippen molar-refractivity contribution in [3.63, 3.8) is 0 Å². The predicted octanol–water partition coefficient (Wildman–Crippen LogP) is 3.07. The molecule has 0 aromatic heterocycles. The van der Waals surface area contributed by atoms with E-state index in [1.54, 1.807) is 6.07 Å². The van der Waals surface area contributed by atoms with Crippen LogP contribution in [0.5, 0.6) is 5.75 Å². The fourth-order valence-electron chi connectivity index (χ4n) is 2.73. The van der Waals surface area contributed by atoms with Crippen molar-refractivity contribution in [2.45, 2.75) is 6.92 Å². The Labute approximate surface area is 158 Å². The van der Waals surface area contributed by atoms with Crippen molar-refractivity contribution in [2.24, 2.45) is 0 Å². The number of benzene rings is 3. The van der Waals surface area contributed by atoms with Crippen LogP contribution in [0.2, 0.25) is 0 Å². The van der Waals surface area contributed by atoms with E-state index in [9.17, 15) is 9.59 Å². The zero-order valence-electron chi connectivity index (χ0n) is 15.2. The molecule has 0 aliphatic heterocycles. The van der Waals surface area contributed by atoms with Crippen LogP contribution in [0.3, 0.4) is 0 Å². The van der Waals surface area contributed by atoms with E-state index in [2.05, 4.69) is 10.6 Å². The van der Waals surface area contributed by atoms with Crippen molar-refractivity contribution in [1.82, 2.24) is 10.6 Å². The smallest absolute Gasteiger partial charge is 0.258 e. The highest BCUT2D eigenvalue weighted by Gasteiger charge is 2.09. The lowest BCUT2D eigenvalue weighted by Crippen LogP contribution is -2.36. The van der Waals surface area contributed by atoms with Gasteiger partial charge in [0.2, 0.25) is 0 Å². The predicted molar refractivity (Wildman–Crippen MR) is 106 cm³/mol. The van der Waals surface area contributed by atoms with Crippen LogP contribution in [0.1, 0.15) is 15.9 Å². The van der Waals surface area contributed by atoms with Gasteiger partial charge in [-0.2, -0.15) is 0 Å². The van der Waals surface area contributed by atoms with E-state index in [-0.39, 0.29) is 18.4 Å². The quantitative estimate of drug-likeness (QED) is 0.635. The van der Waals surface area contributed by atoms with E-state index in [4.69, 9.17) is 4.74 Å². The first-order valence-electron chi connectivity index (χ1n) is 8.85. The van der Waals surface area contributed by atoms with Gasteiger partial charge in [0.25, 0.3) is 11.8 Å². The van der Waals surface area contributed by atoms with Gasteiger partial charge in [-0.3, -0.25) is 9.59 Å². The van der Waals surface area contributed by atoms with Crippen molar-refractivity contribution in [2.75, 3.05) is 19.7 Å². The molecule has 0 aliphatic rings. The molecule has 0 spiro atoms. The Morgan fingerprint density at radius 3 is 2.37 bits per heavy atom. The molecule has 27 heavy (non-hydrogen) atoms. The molecule has 0 heterocycles. The van der Waals surface area contributed by atoms with Crippen LogP contribution in [0.15, 0.2) is 66.7 Å². The van der Waals surface area contributed by atoms with Crippen LogP contribution in [0, 0.1) is 6.92 Å². The Kier molecular flexibility index (Phi) is 6.05. The van der Waals surface area contributed by atoms with Gasteiger partial charge in [0.05, 0.1) is 0 Å². The van der Waals surface area contributed by atoms with Gasteiger partial charge in [-0.25, -0.2) is 0 Å². The second-order valence-corrected chi connectivity index (χ2v) is 6.23. The Bertz CT molecular complexity index is 930. The highest BCUT2D eigenvalue weighted by Crippen LogP contribution is 2.18. The molecule has 0 unspecified atom stereocenters. The number of amides is 2. The largest absolute Gasteiger partial charge is 0.484 e. The summed E-state index contributed by atoms with van der Waals surface area (Å²) in [7, 11) is 0. The van der Waals surface area contributed by atoms with E-state index < -0.39 is 0 Å². The number of aryl methyl sites for hydroxylation is 1. The van der Waals surface area contributed by atoms with Gasteiger partial charge in [-0.1, -0.05) is 54.1 Å². The van der Waals surface area contributed by atoms with Gasteiger partial charge in [0.15, 0.2) is 6.61 Å². The molecule has 2 N–H and O–H groups in total. The molecule has 3 aromatic carbocycles. The first kappa shape index (κ1) is 18.5. The molecule has 5 nitrogen and oxygen atoms in total. The van der Waals surface area contributed by atoms with E-state index in [1.807, 2.05) is 67.6 Å². The maximum atomic E-state index is 12.4. The lowest BCUT2D eigenvalue weighted by atomic mass is 10.0. The molecule has 0 bridgehead atoms. The number of nitrogens with one attached hydrogen (secondary N) is 2. The topological polar surface area (TPSA) is 67.4 Å². The Hall–Kier alpha value is -3.34. The number of fused-ring (bicyclic) bond motifs is 1. The molecule has 0 aliphatic carbocycles. The summed E-state index contributed by atoms with van der Waals surface area (Å²) in [5.74, 6) is 0.270. The minimum absolute atomic E-state index is 0.0552. The molecule has 138 valence electrons. The number of ether oxygens (including phenoxy) is 1. The molecule has 0 saturated carbocycles. The summed E-state index contributed by atoms with van der Waals surface area (Å²) < 4.78 is 5.42. The van der Waals surface area contributed by atoms with E-state index in [0.717, 1.165) is 16.3 Å². The van der Waals surface area contributed by atoms with Crippen LogP contribution in [-0.4, -0.2) is 31.5 Å². The Balaban J connectivity index is 1.42. The van der Waals surface area contributed by atoms with E-state index in [0.29, 0.717) is 24.4 Å². The first-order valence-corrected chi connectivity index (χ1v) is 8.85. The van der Waals surface area contributed by atoms with Gasteiger partial charge in [-0.15, -0.1) is 0 Å². The average Bonchev–Trinajstić information content (AvgIpc) is 2.70. The van der Waals surface area contributed by atoms with Crippen molar-refractivity contribution in [3.05, 3.63) is 77.9 Å². The molecule has 3 aromatic rings. The Morgan fingerprint density at radius 2 is 1.56 bits per heavy atom. The van der Waals surface area contributed by atoms with Crippen molar-refractivity contribution < 1.29 is 14.3 Å². The SMILES string of the molecule is Cc1ccc(OCC(=O)NCCNC(=O)c2cccc3ccccc23)cc1. The second kappa shape index (κ2) is 8.85. The van der Waals surface area contributed by atoms with Gasteiger partial charge in [0.1, 0.15) is 5.75 Å². The molecular formula is C22H22N2O3. The monoisotopic (exact) mass is 362 g/mol. The van der Waals surface area contributed by atoms with Crippen molar-refractivity contribution >= 4 is 22.6 Å². The zero-order valence-corrected chi connectivity index (χ0v) is 15.2. The van der Waals surface area contributed by atoms with Crippen molar-refractivity contribution in [3.8, 4) is 5.75 Å². The number of carbonyl (C=O) groups is 2. The van der Waals surface area contributed by atoms with Gasteiger partial charge >= 0.3 is 0 Å². The van der Waals surface area contributed by atoms with Crippen LogP contribution >= 0.6 is 0 Å². The minimum atomic E-state index is -0.227. The van der Waals surface area contributed by atoms with E-state index in [1.165, 1.54) is 0 Å². The van der Waals surface area contributed by atoms with Gasteiger partial charge < -0.3 is 15.4 Å². The van der Waals surface area contributed by atoms with Gasteiger partial charge in [-0.05, 0) is 35.9 Å². The zero-order chi connectivity index (χ0) is 19.1. The summed E-state index contributed by atoms with van der Waals surface area (Å²) in [6, 6.07) is 20.9. The summed E-state index contributed by atoms with van der Waals surface area (Å²) in [6.45, 7) is 2.62. The number of rotatable bonds is 7. The fraction of sp³-hybridized carbons (Fsp3) is 0.182. The van der Waals surface area contributed by atoms with Crippen LogP contribution in [-0.2, 0) is 4.79 Å². The minimum Gasteiger partial charge on any atom is -0.484 e. The summed E-state index contributed by atoms with van der Waals surface area (Å²) in [6.07, 6.45) is 0. The maximum Gasteiger partial charge on any atom is 0.258 e. The standard InChI is InChI=1S/C22H22N2O3/c1-16-9-11-18(12-10-16)27-15-21(25)23-13-14-24-22(26)20-8-4-6-17-5-2-3-7-19(17)20/h2-12H,13-15H2,1H3,(H,23,25)(H,24,26). The number of carbonyl (C=O) groups excluding carboxylic acids is 2. The van der Waals surface area contributed by atoms with Crippen molar-refractivity contribution in [1.29, 1.82) is 0 Å². The third-order valence-corrected chi connectivity index (χ3v) is 4.16. The van der Waals surface area contributed by atoms with E-state index >= 15 is 0 Å².